The van der Waals surface area contributed by atoms with Gasteiger partial charge in [-0.2, -0.15) is 0 Å². The average Bonchev–Trinajstić information content (AvgIpc) is 3.23. The van der Waals surface area contributed by atoms with Crippen LogP contribution in [-0.4, -0.2) is 30.7 Å². The smallest absolute Gasteiger partial charge is 0.410 e. The second-order valence-electron chi connectivity index (χ2n) is 7.69. The molecule has 2 N–H and O–H groups in total. The molecule has 0 saturated carbocycles. The van der Waals surface area contributed by atoms with Gasteiger partial charge in [-0.15, -0.1) is 11.3 Å². The summed E-state index contributed by atoms with van der Waals surface area (Å²) >= 11 is 1.57. The number of ketones is 1. The SMILES string of the molecule is CCOCc1ccc(CC(C)C(=O)c2c(O)cc(C(C)CC/C=C/NC(=O)OC)oc2=O)s1. The number of carbonyl (C=O) groups is 2. The number of methoxy groups -OCH3 is 1. The Morgan fingerprint density at radius 2 is 2.00 bits per heavy atom. The maximum atomic E-state index is 12.9. The Morgan fingerprint density at radius 3 is 2.67 bits per heavy atom. The molecule has 0 aliphatic rings. The molecule has 0 radical (unpaired) electrons. The van der Waals surface area contributed by atoms with Gasteiger partial charge in [0.1, 0.15) is 17.1 Å². The molecule has 2 rings (SSSR count). The molecule has 2 heterocycles. The number of hydrogen-bond donors (Lipinski definition) is 2. The molecule has 33 heavy (non-hydrogen) atoms. The Balaban J connectivity index is 2.01. The summed E-state index contributed by atoms with van der Waals surface area (Å²) in [5.74, 6) is -1.18. The van der Waals surface area contributed by atoms with Gasteiger partial charge in [-0.05, 0) is 38.3 Å². The van der Waals surface area contributed by atoms with E-state index in [2.05, 4.69) is 10.1 Å². The highest BCUT2D eigenvalue weighted by Crippen LogP contribution is 2.27. The molecular weight excluding hydrogens is 446 g/mol. The van der Waals surface area contributed by atoms with E-state index in [0.717, 1.165) is 9.75 Å². The number of allylic oxidation sites excluding steroid dienone is 1. The van der Waals surface area contributed by atoms with Crippen LogP contribution in [0, 0.1) is 5.92 Å². The van der Waals surface area contributed by atoms with Gasteiger partial charge in [0.2, 0.25) is 0 Å². The van der Waals surface area contributed by atoms with Gasteiger partial charge in [0.15, 0.2) is 5.78 Å². The third-order valence-electron chi connectivity index (χ3n) is 5.07. The predicted molar refractivity (Wildman–Crippen MR) is 126 cm³/mol. The van der Waals surface area contributed by atoms with Crippen LogP contribution in [0.5, 0.6) is 5.75 Å². The van der Waals surface area contributed by atoms with Crippen LogP contribution in [0.2, 0.25) is 0 Å². The van der Waals surface area contributed by atoms with Gasteiger partial charge < -0.3 is 19.0 Å². The number of alkyl carbamates (subject to hydrolysis) is 1. The van der Waals surface area contributed by atoms with Crippen molar-refractivity contribution in [1.82, 2.24) is 5.32 Å². The first-order valence-electron chi connectivity index (χ1n) is 10.8. The standard InChI is InChI=1S/C24H31NO7S/c1-5-31-14-18-10-9-17(33-18)12-16(3)22(27)21-19(26)13-20(32-23(21)28)15(2)8-6-7-11-25-24(29)30-4/h7,9-11,13,15-16,26H,5-6,8,12,14H2,1-4H3,(H,25,29)/b11-7+. The number of Topliss-reactive ketones (excluding diaryl/α,β-unsaturated/α-hetero) is 1. The van der Waals surface area contributed by atoms with Crippen molar-refractivity contribution in [3.63, 3.8) is 0 Å². The molecule has 0 aliphatic heterocycles. The fourth-order valence-electron chi connectivity index (χ4n) is 3.18. The largest absolute Gasteiger partial charge is 0.507 e. The van der Waals surface area contributed by atoms with E-state index < -0.39 is 23.4 Å². The average molecular weight is 478 g/mol. The first kappa shape index (κ1) is 26.3. The summed E-state index contributed by atoms with van der Waals surface area (Å²) in [6, 6.07) is 5.26. The van der Waals surface area contributed by atoms with Crippen LogP contribution >= 0.6 is 11.3 Å². The number of nitrogens with one attached hydrogen (secondary N) is 1. The normalized spacial score (nSPS) is 13.1. The summed E-state index contributed by atoms with van der Waals surface area (Å²) < 4.78 is 15.2. The van der Waals surface area contributed by atoms with Crippen molar-refractivity contribution in [1.29, 1.82) is 0 Å². The molecule has 2 aromatic heterocycles. The monoisotopic (exact) mass is 477 g/mol. The molecule has 0 aliphatic carbocycles. The van der Waals surface area contributed by atoms with E-state index in [0.29, 0.717) is 38.2 Å². The number of rotatable bonds is 12. The minimum absolute atomic E-state index is 0.178. The molecule has 2 unspecified atom stereocenters. The van der Waals surface area contributed by atoms with E-state index in [1.165, 1.54) is 19.4 Å². The zero-order chi connectivity index (χ0) is 24.4. The highest BCUT2D eigenvalue weighted by atomic mass is 32.1. The maximum absolute atomic E-state index is 12.9. The molecule has 180 valence electrons. The van der Waals surface area contributed by atoms with Crippen LogP contribution in [0.1, 0.15) is 65.4 Å². The van der Waals surface area contributed by atoms with E-state index >= 15 is 0 Å². The van der Waals surface area contributed by atoms with Gasteiger partial charge >= 0.3 is 11.7 Å². The van der Waals surface area contributed by atoms with Crippen LogP contribution < -0.4 is 10.9 Å². The van der Waals surface area contributed by atoms with E-state index in [1.807, 2.05) is 26.0 Å². The van der Waals surface area contributed by atoms with Gasteiger partial charge in [-0.1, -0.05) is 19.9 Å². The number of amides is 1. The molecule has 2 atom stereocenters. The molecule has 0 fully saturated rings. The quantitative estimate of drug-likeness (QED) is 0.424. The molecule has 0 bridgehead atoms. The molecule has 0 aromatic carbocycles. The molecule has 2 aromatic rings. The van der Waals surface area contributed by atoms with Gasteiger partial charge in [-0.25, -0.2) is 9.59 Å². The van der Waals surface area contributed by atoms with Crippen LogP contribution in [0.3, 0.4) is 0 Å². The fraction of sp³-hybridized carbons (Fsp3) is 0.458. The highest BCUT2D eigenvalue weighted by molar-refractivity contribution is 7.11. The number of thiophene rings is 1. The second kappa shape index (κ2) is 13.0. The Kier molecular flexibility index (Phi) is 10.3. The van der Waals surface area contributed by atoms with Crippen molar-refractivity contribution in [2.45, 2.75) is 52.6 Å². The first-order chi connectivity index (χ1) is 15.8. The van der Waals surface area contributed by atoms with Crippen molar-refractivity contribution in [3.8, 4) is 5.75 Å². The Morgan fingerprint density at radius 1 is 1.27 bits per heavy atom. The van der Waals surface area contributed by atoms with Gasteiger partial charge in [0, 0.05) is 40.5 Å². The Hall–Kier alpha value is -2.91. The Labute approximate surface area is 197 Å². The summed E-state index contributed by atoms with van der Waals surface area (Å²) in [7, 11) is 1.27. The lowest BCUT2D eigenvalue weighted by Crippen LogP contribution is -2.22. The zero-order valence-corrected chi connectivity index (χ0v) is 20.2. The number of ether oxygens (including phenoxy) is 2. The lowest BCUT2D eigenvalue weighted by atomic mass is 9.95. The number of aromatic hydroxyl groups is 1. The second-order valence-corrected chi connectivity index (χ2v) is 8.94. The Bertz CT molecular complexity index is 1020. The molecular formula is C24H31NO7S. The minimum Gasteiger partial charge on any atom is -0.507 e. The lowest BCUT2D eigenvalue weighted by Gasteiger charge is -2.13. The van der Waals surface area contributed by atoms with Gasteiger partial charge in [0.05, 0.1) is 13.7 Å². The van der Waals surface area contributed by atoms with E-state index in [4.69, 9.17) is 9.15 Å². The molecule has 0 spiro atoms. The van der Waals surface area contributed by atoms with E-state index in [9.17, 15) is 19.5 Å². The number of carbonyl (C=O) groups excluding carboxylic acids is 2. The first-order valence-corrected chi connectivity index (χ1v) is 11.6. The summed E-state index contributed by atoms with van der Waals surface area (Å²) in [4.78, 5) is 38.5. The van der Waals surface area contributed by atoms with Crippen molar-refractivity contribution in [3.05, 3.63) is 62.0 Å². The summed E-state index contributed by atoms with van der Waals surface area (Å²) in [5, 5.41) is 12.9. The van der Waals surface area contributed by atoms with Gasteiger partial charge in [0.25, 0.3) is 0 Å². The van der Waals surface area contributed by atoms with E-state index in [1.54, 1.807) is 24.3 Å². The van der Waals surface area contributed by atoms with E-state index in [-0.39, 0.29) is 17.2 Å². The van der Waals surface area contributed by atoms with Crippen LogP contribution in [-0.2, 0) is 22.5 Å². The topological polar surface area (TPSA) is 115 Å². The summed E-state index contributed by atoms with van der Waals surface area (Å²) in [6.07, 6.45) is 4.32. The van der Waals surface area contributed by atoms with Crippen molar-refractivity contribution >= 4 is 23.2 Å². The van der Waals surface area contributed by atoms with Crippen molar-refractivity contribution in [2.75, 3.05) is 13.7 Å². The molecule has 1 amide bonds. The molecule has 9 heteroatoms. The molecule has 0 saturated heterocycles. The van der Waals surface area contributed by atoms with Crippen molar-refractivity contribution < 1.29 is 28.6 Å². The maximum Gasteiger partial charge on any atom is 0.410 e. The fourth-order valence-corrected chi connectivity index (χ4v) is 4.26. The third kappa shape index (κ3) is 7.87. The lowest BCUT2D eigenvalue weighted by molar-refractivity contribution is 0.0922. The number of hydrogen-bond acceptors (Lipinski definition) is 8. The zero-order valence-electron chi connectivity index (χ0n) is 19.4. The van der Waals surface area contributed by atoms with Gasteiger partial charge in [-0.3, -0.25) is 10.1 Å². The van der Waals surface area contributed by atoms with Crippen LogP contribution in [0.4, 0.5) is 4.79 Å². The molecule has 8 nitrogen and oxygen atoms in total. The predicted octanol–water partition coefficient (Wildman–Crippen LogP) is 4.76. The minimum atomic E-state index is -0.834. The van der Waals surface area contributed by atoms with Crippen molar-refractivity contribution in [2.24, 2.45) is 5.92 Å². The summed E-state index contributed by atoms with van der Waals surface area (Å²) in [5.41, 5.74) is -1.15. The highest BCUT2D eigenvalue weighted by Gasteiger charge is 2.25. The third-order valence-corrected chi connectivity index (χ3v) is 6.15. The van der Waals surface area contributed by atoms with Crippen LogP contribution in [0.25, 0.3) is 0 Å². The van der Waals surface area contributed by atoms with Crippen LogP contribution in [0.15, 0.2) is 39.7 Å². The summed E-state index contributed by atoms with van der Waals surface area (Å²) in [6.45, 7) is 6.68.